The minimum absolute atomic E-state index is 0.122. The zero-order valence-electron chi connectivity index (χ0n) is 78.7. The van der Waals surface area contributed by atoms with Crippen molar-refractivity contribution >= 4 is 148 Å². The van der Waals surface area contributed by atoms with E-state index in [0.717, 1.165) is 72.5 Å². The predicted molar refractivity (Wildman–Crippen MR) is 549 cm³/mol. The molecular formula is C106H106Cl2N22O12. The fourth-order valence-corrected chi connectivity index (χ4v) is 14.7. The Morgan fingerprint density at radius 3 is 0.908 bits per heavy atom. The number of anilines is 1. The molecule has 12 aromatic heterocycles. The van der Waals surface area contributed by atoms with Gasteiger partial charge in [-0.2, -0.15) is 0 Å². The zero-order chi connectivity index (χ0) is 100. The standard InChI is InChI=1S/C20H22N4O3.C19H19ClN4O2.C19H20N4O2.C16H14ClN3O2.C16H16N4O.C16H15N3O2/c1-24(2)20(26)17(11-13-7-5-4-6-8-13)23-19(25)16-12-15-14(21-16)9-10-18(22-15)27-3;1-24(2)19(26)16(10-12-6-4-3-5-7-12)23-18(25)15-11-14-13(21-15)8-9-17(20)22-14;1-23(2)19(25)17(11-13-7-4-3-5-8-13)22-18(24)16-12-15-14(21-16)9-6-10-20-15;17-15-7-6-12-13(20-15)10-14(19-12)16(21)18-8-9-22-11-4-2-1-3-5-11;21-16(15-11-14-13(20-15)7-4-8-18-14)19-10-9-17-12-5-2-1-3-6-12;20-16(15-11-14-13(19-15)7-4-8-17-14)18-9-10-21-12-5-2-1-3-6-12/h4-10,12,17,21H,11H2,1-3H3,(H,23,25);3-9,11,16,21H,10H2,1-2H3,(H,23,25);3-10,12,17,21H,11H2,1-2H3,(H,22,24);1-7,10,19H,8-9H2,(H,18,21);1-8,11,17,20H,9-10H2,(H,19,21);1-8,11,19H,9-10H2,(H,18,20)/t17-;16-;17-;;;/m000.../s1. The summed E-state index contributed by atoms with van der Waals surface area (Å²) in [6.45, 7) is 2.91. The summed E-state index contributed by atoms with van der Waals surface area (Å²) >= 11 is 11.7. The van der Waals surface area contributed by atoms with Gasteiger partial charge in [0.1, 0.15) is 87.3 Å². The van der Waals surface area contributed by atoms with Crippen molar-refractivity contribution < 1.29 is 57.4 Å². The van der Waals surface area contributed by atoms with Crippen molar-refractivity contribution in [1.29, 1.82) is 0 Å². The van der Waals surface area contributed by atoms with E-state index in [0.29, 0.717) is 137 Å². The maximum atomic E-state index is 12.7. The summed E-state index contributed by atoms with van der Waals surface area (Å²) in [5.41, 5.74) is 15.4. The monoisotopic (exact) mass is 1950 g/mol. The lowest BCUT2D eigenvalue weighted by Crippen LogP contribution is -2.47. The minimum Gasteiger partial charge on any atom is -0.492 e. The number of hydrogen-bond acceptors (Lipinski definition) is 19. The first-order chi connectivity index (χ1) is 68.8. The smallest absolute Gasteiger partial charge is 0.268 e. The van der Waals surface area contributed by atoms with Crippen LogP contribution in [-0.2, 0) is 33.6 Å². The lowest BCUT2D eigenvalue weighted by molar-refractivity contribution is -0.131. The van der Waals surface area contributed by atoms with Crippen LogP contribution in [0.3, 0.4) is 0 Å². The molecule has 0 aliphatic heterocycles. The molecule has 0 saturated heterocycles. The highest BCUT2D eigenvalue weighted by Crippen LogP contribution is 2.24. The second kappa shape index (κ2) is 51.0. The Labute approximate surface area is 826 Å². The van der Waals surface area contributed by atoms with Crippen molar-refractivity contribution in [3.05, 3.63) is 371 Å². The van der Waals surface area contributed by atoms with E-state index in [1.807, 2.05) is 212 Å². The number of carbonyl (C=O) groups is 9. The lowest BCUT2D eigenvalue weighted by atomic mass is 10.0. The minimum atomic E-state index is -0.664. The topological polar surface area (TPSA) is 447 Å². The van der Waals surface area contributed by atoms with Gasteiger partial charge >= 0.3 is 0 Å². The van der Waals surface area contributed by atoms with E-state index in [1.165, 1.54) is 21.8 Å². The van der Waals surface area contributed by atoms with Crippen molar-refractivity contribution in [2.75, 3.05) is 94.1 Å². The molecule has 18 rings (SSSR count). The number of aromatic amines is 6. The zero-order valence-corrected chi connectivity index (χ0v) is 80.2. The van der Waals surface area contributed by atoms with Crippen LogP contribution in [0.15, 0.2) is 310 Å². The Bertz CT molecular complexity index is 7020. The summed E-state index contributed by atoms with van der Waals surface area (Å²) in [5, 5.41) is 20.9. The summed E-state index contributed by atoms with van der Waals surface area (Å²) in [6, 6.07) is 87.3. The molecule has 18 aromatic rings. The highest BCUT2D eigenvalue weighted by Gasteiger charge is 2.29. The maximum Gasteiger partial charge on any atom is 0.268 e. The van der Waals surface area contributed by atoms with Gasteiger partial charge in [0.05, 0.1) is 86.4 Å². The Hall–Kier alpha value is -17.5. The quantitative estimate of drug-likeness (QED) is 0.0142. The van der Waals surface area contributed by atoms with Crippen molar-refractivity contribution in [3.8, 4) is 17.4 Å². The molecule has 0 unspecified atom stereocenters. The fourth-order valence-electron chi connectivity index (χ4n) is 14.4. The maximum absolute atomic E-state index is 12.7. The number of rotatable bonds is 31. The van der Waals surface area contributed by atoms with Gasteiger partial charge in [-0.05, 0) is 156 Å². The highest BCUT2D eigenvalue weighted by atomic mass is 35.5. The van der Waals surface area contributed by atoms with E-state index < -0.39 is 18.1 Å². The first-order valence-electron chi connectivity index (χ1n) is 45.2. The number of likely N-dealkylation sites (N-methyl/N-ethyl adjacent to an activating group) is 3. The molecule has 0 aliphatic rings. The number of hydrogen-bond donors (Lipinski definition) is 13. The third kappa shape index (κ3) is 30.0. The van der Waals surface area contributed by atoms with Gasteiger partial charge in [0.15, 0.2) is 0 Å². The van der Waals surface area contributed by atoms with Crippen LogP contribution in [0, 0.1) is 0 Å². The van der Waals surface area contributed by atoms with Gasteiger partial charge in [-0.15, -0.1) is 0 Å². The number of H-pyrrole nitrogens is 6. The molecule has 0 saturated carbocycles. The first-order valence-corrected chi connectivity index (χ1v) is 45.9. The highest BCUT2D eigenvalue weighted by molar-refractivity contribution is 6.30. The molecule has 0 fully saturated rings. The molecule has 0 spiro atoms. The molecular weight excluding hydrogens is 1840 g/mol. The molecule has 36 heteroatoms. The number of fused-ring (bicyclic) bond motifs is 6. The largest absolute Gasteiger partial charge is 0.492 e. The normalized spacial score (nSPS) is 11.3. The molecule has 0 bridgehead atoms. The number of para-hydroxylation sites is 3. The second-order valence-corrected chi connectivity index (χ2v) is 33.3. The molecule has 3 atom stereocenters. The Morgan fingerprint density at radius 2 is 0.592 bits per heavy atom. The number of halogens is 2. The lowest BCUT2D eigenvalue weighted by Gasteiger charge is -2.21. The van der Waals surface area contributed by atoms with Crippen molar-refractivity contribution in [3.63, 3.8) is 0 Å². The van der Waals surface area contributed by atoms with Gasteiger partial charge < -0.3 is 96.0 Å². The molecule has 0 radical (unpaired) electrons. The van der Waals surface area contributed by atoms with E-state index in [4.69, 9.17) is 37.4 Å². The molecule has 6 aromatic carbocycles. The third-order valence-corrected chi connectivity index (χ3v) is 21.9. The summed E-state index contributed by atoms with van der Waals surface area (Å²) in [5.74, 6) is 0.0285. The van der Waals surface area contributed by atoms with Crippen LogP contribution in [0.25, 0.3) is 66.2 Å². The van der Waals surface area contributed by atoms with Crippen molar-refractivity contribution in [2.24, 2.45) is 0 Å². The SMILES string of the molecule is CN(C)C(=O)[C@H](Cc1ccccc1)NC(=O)c1cc2nc(Cl)ccc2[nH]1.CN(C)C(=O)[C@H](Cc1ccccc1)NC(=O)c1cc2ncccc2[nH]1.COc1ccc2[nH]c(C(=O)N[C@@H](Cc3ccccc3)C(=O)N(C)C)cc2n1.O=C(NCCNc1ccccc1)c1cc2ncccc2[nH]1.O=C(NCCOc1ccccc1)c1cc2nc(Cl)ccc2[nH]1.O=C(NCCOc1ccccc1)c1cc2ncccc2[nH]1. The molecule has 12 heterocycles. The van der Waals surface area contributed by atoms with Gasteiger partial charge in [-0.25, -0.2) is 15.0 Å². The predicted octanol–water partition coefficient (Wildman–Crippen LogP) is 14.4. The number of ether oxygens (including phenoxy) is 3. The number of methoxy groups -OCH3 is 1. The Morgan fingerprint density at radius 1 is 0.310 bits per heavy atom. The number of pyridine rings is 6. The van der Waals surface area contributed by atoms with Crippen molar-refractivity contribution in [2.45, 2.75) is 37.4 Å². The third-order valence-electron chi connectivity index (χ3n) is 21.5. The summed E-state index contributed by atoms with van der Waals surface area (Å²) in [4.78, 5) is 159. The van der Waals surface area contributed by atoms with Crippen LogP contribution >= 0.6 is 23.2 Å². The van der Waals surface area contributed by atoms with Gasteiger partial charge in [0.2, 0.25) is 23.6 Å². The van der Waals surface area contributed by atoms with Gasteiger partial charge in [0, 0.05) is 105 Å². The first kappa shape index (κ1) is 102. The molecule has 13 N–H and O–H groups in total. The van der Waals surface area contributed by atoms with Crippen LogP contribution in [0.1, 0.15) is 79.6 Å². The van der Waals surface area contributed by atoms with Gasteiger partial charge in [-0.3, -0.25) is 58.1 Å². The average molecular weight is 1950 g/mol. The van der Waals surface area contributed by atoms with Gasteiger partial charge in [-0.1, -0.05) is 169 Å². The number of nitrogens with one attached hydrogen (secondary N) is 13. The number of amides is 9. The van der Waals surface area contributed by atoms with E-state index in [9.17, 15) is 43.2 Å². The van der Waals surface area contributed by atoms with E-state index in [2.05, 4.69) is 97.0 Å². The Kier molecular flexibility index (Phi) is 36.6. The molecule has 0 aliphatic carbocycles. The fraction of sp³-hybridized carbons (Fsp3) is 0.179. The summed E-state index contributed by atoms with van der Waals surface area (Å²) in [7, 11) is 11.6. The number of aromatic nitrogens is 12. The van der Waals surface area contributed by atoms with Crippen LogP contribution in [0.5, 0.6) is 17.4 Å². The van der Waals surface area contributed by atoms with Crippen LogP contribution in [0.4, 0.5) is 5.69 Å². The number of benzene rings is 6. The molecule has 34 nitrogen and oxygen atoms in total. The van der Waals surface area contributed by atoms with Crippen LogP contribution in [0.2, 0.25) is 10.3 Å². The van der Waals surface area contributed by atoms with Crippen LogP contribution in [-0.4, -0.2) is 235 Å². The van der Waals surface area contributed by atoms with Crippen LogP contribution < -0.4 is 51.4 Å². The average Bonchev–Trinajstić information content (AvgIpc) is 1.66. The molecule has 142 heavy (non-hydrogen) atoms. The van der Waals surface area contributed by atoms with E-state index in [1.54, 1.807) is 140 Å². The molecule has 726 valence electrons. The number of nitrogens with zero attached hydrogens (tertiary/aromatic N) is 9. The van der Waals surface area contributed by atoms with E-state index >= 15 is 0 Å². The molecule has 9 amide bonds. The summed E-state index contributed by atoms with van der Waals surface area (Å²) < 4.78 is 16.1. The Balaban J connectivity index is 0.000000143. The van der Waals surface area contributed by atoms with Gasteiger partial charge in [0.25, 0.3) is 35.4 Å². The summed E-state index contributed by atoms with van der Waals surface area (Å²) in [6.07, 6.45) is 6.34. The number of carbonyl (C=O) groups excluding carboxylic acids is 9. The van der Waals surface area contributed by atoms with Crippen molar-refractivity contribution in [1.82, 2.24) is 106 Å². The second-order valence-electron chi connectivity index (χ2n) is 32.6. The van der Waals surface area contributed by atoms with E-state index in [-0.39, 0.29) is 53.2 Å².